The maximum Gasteiger partial charge on any atom is 0.276 e. The van der Waals surface area contributed by atoms with Crippen LogP contribution in [0, 0.1) is 12.3 Å². The normalized spacial score (nSPS) is 9.89. The Morgan fingerprint density at radius 2 is 2.06 bits per heavy atom. The van der Waals surface area contributed by atoms with Crippen molar-refractivity contribution in [1.29, 1.82) is 5.41 Å². The zero-order valence-electron chi connectivity index (χ0n) is 10.2. The first kappa shape index (κ1) is 14.1. The van der Waals surface area contributed by atoms with Gasteiger partial charge >= 0.3 is 0 Å². The Balaban J connectivity index is 0.00000162. The third kappa shape index (κ3) is 2.46. The molecule has 5 nitrogen and oxygen atoms in total. The number of nitrogens with zero attached hydrogens (tertiary/aromatic N) is 1. The van der Waals surface area contributed by atoms with E-state index in [1.807, 2.05) is 25.1 Å². The number of carbonyl (C=O) groups is 1. The van der Waals surface area contributed by atoms with Crippen molar-refractivity contribution in [1.82, 2.24) is 9.88 Å². The van der Waals surface area contributed by atoms with Crippen molar-refractivity contribution in [2.24, 2.45) is 5.73 Å². The number of nitrogens with one attached hydrogen (secondary N) is 2. The summed E-state index contributed by atoms with van der Waals surface area (Å²) >= 11 is 0. The minimum atomic E-state index is -0.314. The molecule has 0 fully saturated rings. The summed E-state index contributed by atoms with van der Waals surface area (Å²) in [6, 6.07) is 7.66. The van der Waals surface area contributed by atoms with Crippen LogP contribution < -0.4 is 5.73 Å². The topological polar surface area (TPSA) is 86.0 Å². The van der Waals surface area contributed by atoms with E-state index in [0.717, 1.165) is 21.4 Å². The molecule has 1 amide bonds. The van der Waals surface area contributed by atoms with Crippen molar-refractivity contribution < 1.29 is 4.79 Å². The molecule has 0 aliphatic carbocycles. The SMILES string of the molecule is Cc1ccc2[nH]c(C(=O)N(C)C(=N)N)cc2c1.Cl. The Labute approximate surface area is 111 Å². The predicted octanol–water partition coefficient (Wildman–Crippen LogP) is 1.86. The average molecular weight is 267 g/mol. The Morgan fingerprint density at radius 3 is 2.67 bits per heavy atom. The number of aromatic nitrogens is 1. The van der Waals surface area contributed by atoms with Crippen molar-refractivity contribution in [3.63, 3.8) is 0 Å². The smallest absolute Gasteiger partial charge is 0.276 e. The number of benzene rings is 1. The van der Waals surface area contributed by atoms with Gasteiger partial charge in [0.2, 0.25) is 0 Å². The standard InChI is InChI=1S/C12H14N4O.ClH/c1-7-3-4-9-8(5-7)6-10(15-9)11(17)16(2)12(13)14;/h3-6,15H,1-2H3,(H3,13,14);1H. The molecule has 18 heavy (non-hydrogen) atoms. The fraction of sp³-hybridized carbons (Fsp3) is 0.167. The molecule has 96 valence electrons. The van der Waals surface area contributed by atoms with Gasteiger partial charge in [-0.05, 0) is 25.1 Å². The van der Waals surface area contributed by atoms with E-state index in [4.69, 9.17) is 11.1 Å². The summed E-state index contributed by atoms with van der Waals surface area (Å²) in [7, 11) is 1.47. The molecule has 0 aliphatic rings. The van der Waals surface area contributed by atoms with Gasteiger partial charge in [-0.1, -0.05) is 11.6 Å². The number of aromatic amines is 1. The Bertz CT molecular complexity index is 605. The minimum absolute atomic E-state index is 0. The van der Waals surface area contributed by atoms with Gasteiger partial charge in [-0.15, -0.1) is 12.4 Å². The molecule has 0 radical (unpaired) electrons. The summed E-state index contributed by atoms with van der Waals surface area (Å²) in [5.41, 5.74) is 7.73. The molecule has 0 unspecified atom stereocenters. The third-order valence-electron chi connectivity index (χ3n) is 2.67. The number of fused-ring (bicyclic) bond motifs is 1. The molecule has 1 aromatic carbocycles. The molecule has 0 saturated carbocycles. The third-order valence-corrected chi connectivity index (χ3v) is 2.67. The number of carbonyl (C=O) groups excluding carboxylic acids is 1. The fourth-order valence-electron chi connectivity index (χ4n) is 1.66. The van der Waals surface area contributed by atoms with Gasteiger partial charge < -0.3 is 10.7 Å². The molecular formula is C12H15ClN4O. The lowest BCUT2D eigenvalue weighted by Gasteiger charge is -2.12. The number of amides is 1. The van der Waals surface area contributed by atoms with Crippen molar-refractivity contribution in [2.75, 3.05) is 7.05 Å². The summed E-state index contributed by atoms with van der Waals surface area (Å²) in [5, 5.41) is 8.19. The molecule has 1 aromatic heterocycles. The summed E-state index contributed by atoms with van der Waals surface area (Å²) in [5.74, 6) is -0.587. The summed E-state index contributed by atoms with van der Waals surface area (Å²) < 4.78 is 0. The maximum atomic E-state index is 11.9. The van der Waals surface area contributed by atoms with E-state index in [0.29, 0.717) is 5.69 Å². The van der Waals surface area contributed by atoms with E-state index in [-0.39, 0.29) is 24.3 Å². The van der Waals surface area contributed by atoms with E-state index in [2.05, 4.69) is 4.98 Å². The highest BCUT2D eigenvalue weighted by Crippen LogP contribution is 2.17. The van der Waals surface area contributed by atoms with E-state index >= 15 is 0 Å². The Morgan fingerprint density at radius 1 is 1.39 bits per heavy atom. The van der Waals surface area contributed by atoms with E-state index in [9.17, 15) is 4.79 Å². The van der Waals surface area contributed by atoms with Crippen molar-refractivity contribution >= 4 is 35.2 Å². The van der Waals surface area contributed by atoms with Crippen LogP contribution in [0.25, 0.3) is 10.9 Å². The molecular weight excluding hydrogens is 252 g/mol. The molecule has 0 atom stereocenters. The second-order valence-corrected chi connectivity index (χ2v) is 4.02. The maximum absolute atomic E-state index is 11.9. The van der Waals surface area contributed by atoms with Crippen LogP contribution in [-0.2, 0) is 0 Å². The highest BCUT2D eigenvalue weighted by Gasteiger charge is 2.15. The van der Waals surface area contributed by atoms with Crippen molar-refractivity contribution in [2.45, 2.75) is 6.92 Å². The van der Waals surface area contributed by atoms with Gasteiger partial charge in [-0.3, -0.25) is 15.1 Å². The minimum Gasteiger partial charge on any atom is -0.370 e. The highest BCUT2D eigenvalue weighted by atomic mass is 35.5. The van der Waals surface area contributed by atoms with Crippen LogP contribution in [0.2, 0.25) is 0 Å². The summed E-state index contributed by atoms with van der Waals surface area (Å²) in [4.78, 5) is 16.0. The van der Waals surface area contributed by atoms with Crippen LogP contribution >= 0.6 is 12.4 Å². The average Bonchev–Trinajstić information content (AvgIpc) is 2.69. The number of nitrogens with two attached hydrogens (primary N) is 1. The van der Waals surface area contributed by atoms with Gasteiger partial charge in [0.1, 0.15) is 5.69 Å². The van der Waals surface area contributed by atoms with Crippen molar-refractivity contribution in [3.05, 3.63) is 35.5 Å². The number of hydrogen-bond donors (Lipinski definition) is 3. The van der Waals surface area contributed by atoms with E-state index in [1.165, 1.54) is 7.05 Å². The second kappa shape index (κ2) is 5.10. The number of aryl methyl sites for hydroxylation is 1. The monoisotopic (exact) mass is 266 g/mol. The lowest BCUT2D eigenvalue weighted by Crippen LogP contribution is -2.38. The number of halogens is 1. The fourth-order valence-corrected chi connectivity index (χ4v) is 1.66. The predicted molar refractivity (Wildman–Crippen MR) is 74.3 cm³/mol. The first-order chi connectivity index (χ1) is 7.99. The van der Waals surface area contributed by atoms with Gasteiger partial charge in [-0.2, -0.15) is 0 Å². The number of rotatable bonds is 1. The lowest BCUT2D eigenvalue weighted by molar-refractivity contribution is 0.0864. The zero-order valence-corrected chi connectivity index (χ0v) is 11.0. The second-order valence-electron chi connectivity index (χ2n) is 4.02. The van der Waals surface area contributed by atoms with E-state index in [1.54, 1.807) is 6.07 Å². The lowest BCUT2D eigenvalue weighted by atomic mass is 10.2. The zero-order chi connectivity index (χ0) is 12.6. The Hall–Kier alpha value is -2.01. The van der Waals surface area contributed by atoms with Crippen LogP contribution in [0.5, 0.6) is 0 Å². The van der Waals surface area contributed by atoms with E-state index < -0.39 is 0 Å². The summed E-state index contributed by atoms with van der Waals surface area (Å²) in [6.07, 6.45) is 0. The molecule has 6 heteroatoms. The molecule has 4 N–H and O–H groups in total. The largest absolute Gasteiger partial charge is 0.370 e. The van der Waals surface area contributed by atoms with Gasteiger partial charge in [-0.25, -0.2) is 0 Å². The highest BCUT2D eigenvalue weighted by molar-refractivity contribution is 6.05. The van der Waals surface area contributed by atoms with Crippen LogP contribution in [0.4, 0.5) is 0 Å². The van der Waals surface area contributed by atoms with Crippen molar-refractivity contribution in [3.8, 4) is 0 Å². The van der Waals surface area contributed by atoms with Gasteiger partial charge in [0, 0.05) is 18.0 Å². The quantitative estimate of drug-likeness (QED) is 0.544. The van der Waals surface area contributed by atoms with Crippen LogP contribution in [0.15, 0.2) is 24.3 Å². The summed E-state index contributed by atoms with van der Waals surface area (Å²) in [6.45, 7) is 2.00. The first-order valence-corrected chi connectivity index (χ1v) is 5.20. The van der Waals surface area contributed by atoms with Gasteiger partial charge in [0.15, 0.2) is 5.96 Å². The van der Waals surface area contributed by atoms with Crippen LogP contribution in [0.1, 0.15) is 16.1 Å². The van der Waals surface area contributed by atoms with Crippen LogP contribution in [-0.4, -0.2) is 28.8 Å². The molecule has 1 heterocycles. The Kier molecular flexibility index (Phi) is 3.98. The molecule has 0 bridgehead atoms. The first-order valence-electron chi connectivity index (χ1n) is 5.20. The van der Waals surface area contributed by atoms with Crippen LogP contribution in [0.3, 0.4) is 0 Å². The number of H-pyrrole nitrogens is 1. The molecule has 2 rings (SSSR count). The number of guanidine groups is 1. The van der Waals surface area contributed by atoms with Gasteiger partial charge in [0.05, 0.1) is 0 Å². The number of hydrogen-bond acceptors (Lipinski definition) is 2. The molecule has 0 saturated heterocycles. The molecule has 0 aliphatic heterocycles. The molecule has 0 spiro atoms. The van der Waals surface area contributed by atoms with Gasteiger partial charge in [0.25, 0.3) is 5.91 Å². The molecule has 2 aromatic rings.